The molecule has 0 aromatic heterocycles. The second kappa shape index (κ2) is 11.5. The first kappa shape index (κ1) is 22.9. The van der Waals surface area contributed by atoms with Crippen molar-refractivity contribution in [3.63, 3.8) is 0 Å². The summed E-state index contributed by atoms with van der Waals surface area (Å²) >= 11 is 0. The lowest BCUT2D eigenvalue weighted by Gasteiger charge is -2.21. The van der Waals surface area contributed by atoms with E-state index in [1.165, 1.54) is 12.0 Å². The molecule has 166 valence electrons. The van der Waals surface area contributed by atoms with Crippen molar-refractivity contribution in [2.45, 2.75) is 70.8 Å². The van der Waals surface area contributed by atoms with Crippen LogP contribution in [-0.2, 0) is 9.53 Å². The van der Waals surface area contributed by atoms with Crippen molar-refractivity contribution in [1.82, 2.24) is 0 Å². The molecule has 3 rings (SSSR count). The van der Waals surface area contributed by atoms with Gasteiger partial charge in [0.1, 0.15) is 11.9 Å². The smallest absolute Gasteiger partial charge is 0.338 e. The number of rotatable bonds is 9. The molecule has 5 heteroatoms. The summed E-state index contributed by atoms with van der Waals surface area (Å²) in [6, 6.07) is 15.0. The van der Waals surface area contributed by atoms with E-state index in [9.17, 15) is 9.59 Å². The Morgan fingerprint density at radius 2 is 1.65 bits per heavy atom. The first-order valence-corrected chi connectivity index (χ1v) is 11.3. The first-order chi connectivity index (χ1) is 15.0. The van der Waals surface area contributed by atoms with Crippen molar-refractivity contribution >= 4 is 17.6 Å². The van der Waals surface area contributed by atoms with Gasteiger partial charge in [-0.15, -0.1) is 0 Å². The summed E-state index contributed by atoms with van der Waals surface area (Å²) in [5, 5.41) is 2.86. The van der Waals surface area contributed by atoms with Gasteiger partial charge in [0.2, 0.25) is 5.91 Å². The van der Waals surface area contributed by atoms with Crippen LogP contribution >= 0.6 is 0 Å². The van der Waals surface area contributed by atoms with Gasteiger partial charge >= 0.3 is 5.97 Å². The minimum atomic E-state index is -0.289. The van der Waals surface area contributed by atoms with Crippen LogP contribution in [0.2, 0.25) is 0 Å². The van der Waals surface area contributed by atoms with Gasteiger partial charge in [-0.25, -0.2) is 4.79 Å². The normalized spacial score (nSPS) is 14.3. The number of esters is 1. The van der Waals surface area contributed by atoms with Gasteiger partial charge in [-0.2, -0.15) is 0 Å². The highest BCUT2D eigenvalue weighted by molar-refractivity contribution is 5.93. The van der Waals surface area contributed by atoms with Gasteiger partial charge in [0.25, 0.3) is 0 Å². The molecule has 1 aliphatic rings. The Morgan fingerprint density at radius 1 is 0.968 bits per heavy atom. The van der Waals surface area contributed by atoms with Gasteiger partial charge in [0.15, 0.2) is 0 Å². The van der Waals surface area contributed by atoms with E-state index in [0.717, 1.165) is 31.4 Å². The Morgan fingerprint density at radius 3 is 2.29 bits per heavy atom. The van der Waals surface area contributed by atoms with Crippen LogP contribution in [0.5, 0.6) is 5.75 Å². The van der Waals surface area contributed by atoms with E-state index in [2.05, 4.69) is 31.3 Å². The van der Waals surface area contributed by atoms with Gasteiger partial charge in [0, 0.05) is 12.1 Å². The minimum Gasteiger partial charge on any atom is -0.494 e. The summed E-state index contributed by atoms with van der Waals surface area (Å²) in [6.07, 6.45) is 6.41. The van der Waals surface area contributed by atoms with E-state index < -0.39 is 0 Å². The molecule has 31 heavy (non-hydrogen) atoms. The van der Waals surface area contributed by atoms with Gasteiger partial charge in [-0.3, -0.25) is 4.79 Å². The Balaban J connectivity index is 1.36. The van der Waals surface area contributed by atoms with Crippen LogP contribution in [0, 0.1) is 0 Å². The van der Waals surface area contributed by atoms with Gasteiger partial charge < -0.3 is 14.8 Å². The lowest BCUT2D eigenvalue weighted by Crippen LogP contribution is -2.21. The molecule has 0 radical (unpaired) electrons. The minimum absolute atomic E-state index is 0.0380. The molecule has 1 N–H and O–H groups in total. The maximum atomic E-state index is 12.3. The van der Waals surface area contributed by atoms with E-state index >= 15 is 0 Å². The molecular formula is C26H33NO4. The fourth-order valence-corrected chi connectivity index (χ4v) is 3.69. The third kappa shape index (κ3) is 7.42. The molecule has 0 atom stereocenters. The molecule has 1 amide bonds. The highest BCUT2D eigenvalue weighted by Crippen LogP contribution is 2.22. The van der Waals surface area contributed by atoms with Crippen molar-refractivity contribution in [3.8, 4) is 5.75 Å². The van der Waals surface area contributed by atoms with Crippen molar-refractivity contribution < 1.29 is 19.1 Å². The fourth-order valence-electron chi connectivity index (χ4n) is 3.69. The van der Waals surface area contributed by atoms with Crippen molar-refractivity contribution in [3.05, 3.63) is 59.7 Å². The van der Waals surface area contributed by atoms with Crippen LogP contribution in [0.25, 0.3) is 0 Å². The zero-order valence-electron chi connectivity index (χ0n) is 18.6. The maximum absolute atomic E-state index is 12.3. The molecule has 1 saturated carbocycles. The van der Waals surface area contributed by atoms with Gasteiger partial charge in [0.05, 0.1) is 12.2 Å². The van der Waals surface area contributed by atoms with E-state index in [-0.39, 0.29) is 18.0 Å². The monoisotopic (exact) mass is 423 g/mol. The average Bonchev–Trinajstić information content (AvgIpc) is 2.78. The SMILES string of the molecule is CC(C)c1ccc(OCCCC(=O)Nc2ccc(C(=O)OC3CCCCC3)cc2)cc1. The van der Waals surface area contributed by atoms with Crippen molar-refractivity contribution in [2.75, 3.05) is 11.9 Å². The third-order valence-electron chi connectivity index (χ3n) is 5.59. The van der Waals surface area contributed by atoms with Gasteiger partial charge in [-0.1, -0.05) is 32.4 Å². The van der Waals surface area contributed by atoms with E-state index in [1.807, 2.05) is 12.1 Å². The molecule has 2 aromatic rings. The van der Waals surface area contributed by atoms with Crippen LogP contribution in [-0.4, -0.2) is 24.6 Å². The van der Waals surface area contributed by atoms with E-state index in [4.69, 9.17) is 9.47 Å². The summed E-state index contributed by atoms with van der Waals surface area (Å²) in [5.41, 5.74) is 2.46. The Labute approximate surface area is 185 Å². The second-order valence-corrected chi connectivity index (χ2v) is 8.47. The number of anilines is 1. The number of benzene rings is 2. The molecule has 1 aliphatic carbocycles. The Bertz CT molecular complexity index is 837. The first-order valence-electron chi connectivity index (χ1n) is 11.3. The number of amides is 1. The molecule has 0 heterocycles. The van der Waals surface area contributed by atoms with Crippen LogP contribution in [0.3, 0.4) is 0 Å². The molecule has 1 fully saturated rings. The lowest BCUT2D eigenvalue weighted by molar-refractivity contribution is -0.116. The number of carbonyl (C=O) groups is 2. The number of hydrogen-bond donors (Lipinski definition) is 1. The largest absolute Gasteiger partial charge is 0.494 e. The average molecular weight is 424 g/mol. The summed E-state index contributed by atoms with van der Waals surface area (Å²) < 4.78 is 11.3. The zero-order chi connectivity index (χ0) is 22.1. The summed E-state index contributed by atoms with van der Waals surface area (Å²) in [5.74, 6) is 0.953. The topological polar surface area (TPSA) is 64.6 Å². The Hall–Kier alpha value is -2.82. The number of ether oxygens (including phenoxy) is 2. The third-order valence-corrected chi connectivity index (χ3v) is 5.59. The maximum Gasteiger partial charge on any atom is 0.338 e. The van der Waals surface area contributed by atoms with Crippen LogP contribution in [0.15, 0.2) is 48.5 Å². The van der Waals surface area contributed by atoms with E-state index in [0.29, 0.717) is 36.6 Å². The highest BCUT2D eigenvalue weighted by atomic mass is 16.5. The van der Waals surface area contributed by atoms with E-state index in [1.54, 1.807) is 24.3 Å². The quantitative estimate of drug-likeness (QED) is 0.391. The zero-order valence-corrected chi connectivity index (χ0v) is 18.6. The predicted molar refractivity (Wildman–Crippen MR) is 123 cm³/mol. The second-order valence-electron chi connectivity index (χ2n) is 8.47. The molecule has 2 aromatic carbocycles. The molecule has 0 saturated heterocycles. The summed E-state index contributed by atoms with van der Waals surface area (Å²) in [7, 11) is 0. The number of nitrogens with one attached hydrogen (secondary N) is 1. The van der Waals surface area contributed by atoms with Crippen molar-refractivity contribution in [1.29, 1.82) is 0 Å². The Kier molecular flexibility index (Phi) is 8.51. The standard InChI is InChI=1S/C26H33NO4/c1-19(2)20-12-16-23(17-13-20)30-18-6-9-25(28)27-22-14-10-21(11-15-22)26(29)31-24-7-4-3-5-8-24/h10-17,19,24H,3-9,18H2,1-2H3,(H,27,28). The summed E-state index contributed by atoms with van der Waals surface area (Å²) in [4.78, 5) is 24.4. The molecule has 0 spiro atoms. The molecular weight excluding hydrogens is 390 g/mol. The van der Waals surface area contributed by atoms with Crippen LogP contribution in [0.4, 0.5) is 5.69 Å². The highest BCUT2D eigenvalue weighted by Gasteiger charge is 2.18. The van der Waals surface area contributed by atoms with Gasteiger partial charge in [-0.05, 0) is 80.0 Å². The molecule has 5 nitrogen and oxygen atoms in total. The van der Waals surface area contributed by atoms with Crippen LogP contribution in [0.1, 0.15) is 80.6 Å². The molecule has 0 unspecified atom stereocenters. The lowest BCUT2D eigenvalue weighted by atomic mass is 9.98. The van der Waals surface area contributed by atoms with Crippen molar-refractivity contribution in [2.24, 2.45) is 0 Å². The van der Waals surface area contributed by atoms with Crippen LogP contribution < -0.4 is 10.1 Å². The predicted octanol–water partition coefficient (Wildman–Crippen LogP) is 6.10. The summed E-state index contributed by atoms with van der Waals surface area (Å²) in [6.45, 7) is 4.80. The number of carbonyl (C=O) groups excluding carboxylic acids is 2. The molecule has 0 bridgehead atoms. The number of hydrogen-bond acceptors (Lipinski definition) is 4. The fraction of sp³-hybridized carbons (Fsp3) is 0.462. The molecule has 0 aliphatic heterocycles.